The summed E-state index contributed by atoms with van der Waals surface area (Å²) in [5.41, 5.74) is 6.36. The van der Waals surface area contributed by atoms with E-state index in [0.29, 0.717) is 13.0 Å². The van der Waals surface area contributed by atoms with E-state index in [1.54, 1.807) is 0 Å². The van der Waals surface area contributed by atoms with E-state index >= 15 is 0 Å². The molecule has 0 amide bonds. The maximum atomic E-state index is 11.7. The van der Waals surface area contributed by atoms with E-state index in [0.717, 1.165) is 5.56 Å². The standard InChI is InChI=1S/C14H21NO2/c1-14(2,3)17-13(16)9-12(10-15)11-7-5-4-6-8-11/h4-8,12H,9-10,15H2,1-3H3. The molecule has 1 aromatic rings. The van der Waals surface area contributed by atoms with Gasteiger partial charge in [-0.1, -0.05) is 30.3 Å². The predicted molar refractivity (Wildman–Crippen MR) is 68.7 cm³/mol. The Bertz CT molecular complexity index is 354. The zero-order chi connectivity index (χ0) is 12.9. The highest BCUT2D eigenvalue weighted by Gasteiger charge is 2.20. The van der Waals surface area contributed by atoms with Gasteiger partial charge in [-0.15, -0.1) is 0 Å². The highest BCUT2D eigenvalue weighted by atomic mass is 16.6. The molecule has 0 aliphatic carbocycles. The van der Waals surface area contributed by atoms with E-state index in [1.165, 1.54) is 0 Å². The molecule has 17 heavy (non-hydrogen) atoms. The Balaban J connectivity index is 2.62. The lowest BCUT2D eigenvalue weighted by Gasteiger charge is -2.21. The van der Waals surface area contributed by atoms with Crippen molar-refractivity contribution < 1.29 is 9.53 Å². The van der Waals surface area contributed by atoms with E-state index in [4.69, 9.17) is 10.5 Å². The molecule has 1 aromatic carbocycles. The second-order valence-corrected chi connectivity index (χ2v) is 5.13. The molecule has 94 valence electrons. The number of carbonyl (C=O) groups excluding carboxylic acids is 1. The fourth-order valence-corrected chi connectivity index (χ4v) is 1.65. The summed E-state index contributed by atoms with van der Waals surface area (Å²) in [5, 5.41) is 0. The number of rotatable bonds is 4. The number of carbonyl (C=O) groups is 1. The monoisotopic (exact) mass is 235 g/mol. The Morgan fingerprint density at radius 3 is 2.35 bits per heavy atom. The van der Waals surface area contributed by atoms with Gasteiger partial charge >= 0.3 is 5.97 Å². The van der Waals surface area contributed by atoms with Crippen LogP contribution in [-0.4, -0.2) is 18.1 Å². The summed E-state index contributed by atoms with van der Waals surface area (Å²) >= 11 is 0. The van der Waals surface area contributed by atoms with Gasteiger partial charge in [-0.2, -0.15) is 0 Å². The summed E-state index contributed by atoms with van der Waals surface area (Å²) in [6.07, 6.45) is 0.331. The van der Waals surface area contributed by atoms with Crippen LogP contribution in [0.3, 0.4) is 0 Å². The van der Waals surface area contributed by atoms with E-state index < -0.39 is 5.60 Å². The van der Waals surface area contributed by atoms with Crippen molar-refractivity contribution in [1.29, 1.82) is 0 Å². The van der Waals surface area contributed by atoms with Crippen molar-refractivity contribution in [3.63, 3.8) is 0 Å². The summed E-state index contributed by atoms with van der Waals surface area (Å²) < 4.78 is 5.30. The maximum absolute atomic E-state index is 11.7. The average molecular weight is 235 g/mol. The van der Waals surface area contributed by atoms with Crippen LogP contribution >= 0.6 is 0 Å². The van der Waals surface area contributed by atoms with Gasteiger partial charge in [0.25, 0.3) is 0 Å². The Morgan fingerprint density at radius 2 is 1.88 bits per heavy atom. The summed E-state index contributed by atoms with van der Waals surface area (Å²) in [6, 6.07) is 9.83. The van der Waals surface area contributed by atoms with Crippen LogP contribution in [0, 0.1) is 0 Å². The smallest absolute Gasteiger partial charge is 0.306 e. The summed E-state index contributed by atoms with van der Waals surface area (Å²) in [7, 11) is 0. The van der Waals surface area contributed by atoms with Gasteiger partial charge in [-0.05, 0) is 32.9 Å². The molecule has 3 heteroatoms. The Hall–Kier alpha value is -1.35. The molecule has 1 rings (SSSR count). The first-order chi connectivity index (χ1) is 7.92. The van der Waals surface area contributed by atoms with E-state index in [9.17, 15) is 4.79 Å². The molecular weight excluding hydrogens is 214 g/mol. The van der Waals surface area contributed by atoms with Crippen molar-refractivity contribution in [3.05, 3.63) is 35.9 Å². The van der Waals surface area contributed by atoms with Gasteiger partial charge in [0.05, 0.1) is 6.42 Å². The van der Waals surface area contributed by atoms with Crippen molar-refractivity contribution in [1.82, 2.24) is 0 Å². The third-order valence-corrected chi connectivity index (χ3v) is 2.39. The van der Waals surface area contributed by atoms with Gasteiger partial charge in [0.2, 0.25) is 0 Å². The summed E-state index contributed by atoms with van der Waals surface area (Å²) in [4.78, 5) is 11.7. The largest absolute Gasteiger partial charge is 0.460 e. The molecule has 0 aliphatic heterocycles. The Morgan fingerprint density at radius 1 is 1.29 bits per heavy atom. The molecule has 0 saturated heterocycles. The van der Waals surface area contributed by atoms with Crippen molar-refractivity contribution in [2.75, 3.05) is 6.54 Å². The minimum absolute atomic E-state index is 0.0334. The zero-order valence-electron chi connectivity index (χ0n) is 10.8. The fraction of sp³-hybridized carbons (Fsp3) is 0.500. The first-order valence-corrected chi connectivity index (χ1v) is 5.89. The van der Waals surface area contributed by atoms with Crippen LogP contribution in [0.5, 0.6) is 0 Å². The molecule has 0 aromatic heterocycles. The molecule has 1 unspecified atom stereocenters. The van der Waals surface area contributed by atoms with Crippen molar-refractivity contribution in [2.45, 2.75) is 38.7 Å². The SMILES string of the molecule is CC(C)(C)OC(=O)CC(CN)c1ccccc1. The van der Waals surface area contributed by atoms with Crippen LogP contribution in [-0.2, 0) is 9.53 Å². The first-order valence-electron chi connectivity index (χ1n) is 5.89. The van der Waals surface area contributed by atoms with E-state index in [1.807, 2.05) is 51.1 Å². The molecule has 0 spiro atoms. The first kappa shape index (κ1) is 13.7. The lowest BCUT2D eigenvalue weighted by atomic mass is 9.96. The van der Waals surface area contributed by atoms with Gasteiger partial charge in [-0.25, -0.2) is 0 Å². The van der Waals surface area contributed by atoms with Gasteiger partial charge in [-0.3, -0.25) is 4.79 Å². The molecule has 0 radical (unpaired) electrons. The van der Waals surface area contributed by atoms with Crippen molar-refractivity contribution >= 4 is 5.97 Å². The molecule has 3 nitrogen and oxygen atoms in total. The van der Waals surface area contributed by atoms with Crippen LogP contribution in [0.1, 0.15) is 38.7 Å². The van der Waals surface area contributed by atoms with E-state index in [2.05, 4.69) is 0 Å². The number of nitrogens with two attached hydrogens (primary N) is 1. The van der Waals surface area contributed by atoms with Crippen molar-refractivity contribution in [2.24, 2.45) is 5.73 Å². The van der Waals surface area contributed by atoms with Crippen LogP contribution < -0.4 is 5.73 Å². The topological polar surface area (TPSA) is 52.3 Å². The maximum Gasteiger partial charge on any atom is 0.306 e. The molecule has 0 aliphatic rings. The molecule has 0 bridgehead atoms. The minimum atomic E-state index is -0.438. The molecule has 2 N–H and O–H groups in total. The lowest BCUT2D eigenvalue weighted by Crippen LogP contribution is -2.26. The predicted octanol–water partition coefficient (Wildman–Crippen LogP) is 2.46. The lowest BCUT2D eigenvalue weighted by molar-refractivity contribution is -0.155. The molecule has 1 atom stereocenters. The number of hydrogen-bond donors (Lipinski definition) is 1. The highest BCUT2D eigenvalue weighted by molar-refractivity contribution is 5.71. The molecular formula is C14H21NO2. The third kappa shape index (κ3) is 5.00. The van der Waals surface area contributed by atoms with Gasteiger partial charge < -0.3 is 10.5 Å². The number of benzene rings is 1. The highest BCUT2D eigenvalue weighted by Crippen LogP contribution is 2.20. The van der Waals surface area contributed by atoms with Crippen LogP contribution in [0.4, 0.5) is 0 Å². The van der Waals surface area contributed by atoms with Gasteiger partial charge in [0, 0.05) is 5.92 Å². The second-order valence-electron chi connectivity index (χ2n) is 5.13. The third-order valence-electron chi connectivity index (χ3n) is 2.39. The number of esters is 1. The van der Waals surface area contributed by atoms with Gasteiger partial charge in [0.15, 0.2) is 0 Å². The quantitative estimate of drug-likeness (QED) is 0.816. The van der Waals surface area contributed by atoms with Crippen LogP contribution in [0.15, 0.2) is 30.3 Å². The normalized spacial score (nSPS) is 13.2. The second kappa shape index (κ2) is 5.82. The average Bonchev–Trinajstić information content (AvgIpc) is 2.24. The molecule has 0 heterocycles. The van der Waals surface area contributed by atoms with Crippen molar-refractivity contribution in [3.8, 4) is 0 Å². The van der Waals surface area contributed by atoms with Gasteiger partial charge in [0.1, 0.15) is 5.60 Å². The Labute approximate surface area is 103 Å². The summed E-state index contributed by atoms with van der Waals surface area (Å²) in [6.45, 7) is 6.05. The van der Waals surface area contributed by atoms with E-state index in [-0.39, 0.29) is 11.9 Å². The minimum Gasteiger partial charge on any atom is -0.460 e. The van der Waals surface area contributed by atoms with Crippen LogP contribution in [0.25, 0.3) is 0 Å². The van der Waals surface area contributed by atoms with Crippen LogP contribution in [0.2, 0.25) is 0 Å². The fourth-order valence-electron chi connectivity index (χ4n) is 1.65. The Kier molecular flexibility index (Phi) is 4.70. The number of hydrogen-bond acceptors (Lipinski definition) is 3. The zero-order valence-corrected chi connectivity index (χ0v) is 10.8. The molecule has 0 fully saturated rings. The summed E-state index contributed by atoms with van der Waals surface area (Å²) in [5.74, 6) is -0.164. The number of ether oxygens (including phenoxy) is 1. The molecule has 0 saturated carbocycles.